The fourth-order valence-electron chi connectivity index (χ4n) is 2.15. The Morgan fingerprint density at radius 1 is 1.21 bits per heavy atom. The molecule has 0 spiro atoms. The molecule has 0 aromatic heterocycles. The van der Waals surface area contributed by atoms with Crippen molar-refractivity contribution in [1.82, 2.24) is 0 Å². The SMILES string of the molecule is CCCCC1(c2ccc(F)cc2)CC1. The fourth-order valence-corrected chi connectivity index (χ4v) is 2.15. The van der Waals surface area contributed by atoms with Gasteiger partial charge in [0.15, 0.2) is 0 Å². The number of hydrogen-bond acceptors (Lipinski definition) is 0. The molecule has 1 aliphatic rings. The van der Waals surface area contributed by atoms with Gasteiger partial charge in [0.2, 0.25) is 0 Å². The Bertz CT molecular complexity index is 296. The number of unbranched alkanes of at least 4 members (excludes halogenated alkanes) is 1. The Kier molecular flexibility index (Phi) is 2.58. The van der Waals surface area contributed by atoms with E-state index >= 15 is 0 Å². The summed E-state index contributed by atoms with van der Waals surface area (Å²) in [4.78, 5) is 0. The summed E-state index contributed by atoms with van der Waals surface area (Å²) >= 11 is 0. The zero-order chi connectivity index (χ0) is 10.0. The highest BCUT2D eigenvalue weighted by molar-refractivity contribution is 5.31. The van der Waals surface area contributed by atoms with E-state index in [2.05, 4.69) is 6.92 Å². The molecular weight excluding hydrogens is 175 g/mol. The first kappa shape index (κ1) is 9.70. The molecule has 1 aromatic carbocycles. The van der Waals surface area contributed by atoms with E-state index in [1.165, 1.54) is 37.7 Å². The van der Waals surface area contributed by atoms with Gasteiger partial charge >= 0.3 is 0 Å². The summed E-state index contributed by atoms with van der Waals surface area (Å²) < 4.78 is 12.7. The van der Waals surface area contributed by atoms with Crippen molar-refractivity contribution in [1.29, 1.82) is 0 Å². The van der Waals surface area contributed by atoms with Gasteiger partial charge in [0, 0.05) is 0 Å². The molecule has 1 heteroatoms. The van der Waals surface area contributed by atoms with Crippen LogP contribution in [0, 0.1) is 5.82 Å². The Hall–Kier alpha value is -0.850. The Labute approximate surface area is 85.1 Å². The highest BCUT2D eigenvalue weighted by Crippen LogP contribution is 2.51. The molecular formula is C13H17F. The quantitative estimate of drug-likeness (QED) is 0.675. The van der Waals surface area contributed by atoms with Crippen LogP contribution in [0.4, 0.5) is 4.39 Å². The van der Waals surface area contributed by atoms with Crippen LogP contribution < -0.4 is 0 Å². The van der Waals surface area contributed by atoms with Crippen LogP contribution >= 0.6 is 0 Å². The van der Waals surface area contributed by atoms with Crippen molar-refractivity contribution in [2.45, 2.75) is 44.4 Å². The summed E-state index contributed by atoms with van der Waals surface area (Å²) in [5, 5.41) is 0. The first-order valence-electron chi connectivity index (χ1n) is 5.53. The van der Waals surface area contributed by atoms with Gasteiger partial charge in [0.05, 0.1) is 0 Å². The van der Waals surface area contributed by atoms with Crippen molar-refractivity contribution < 1.29 is 4.39 Å². The molecule has 0 nitrogen and oxygen atoms in total. The Balaban J connectivity index is 2.10. The predicted octanol–water partition coefficient (Wildman–Crippen LogP) is 4.05. The number of rotatable bonds is 4. The average Bonchev–Trinajstić information content (AvgIpc) is 2.97. The topological polar surface area (TPSA) is 0 Å². The van der Waals surface area contributed by atoms with Crippen LogP contribution in [0.25, 0.3) is 0 Å². The molecule has 2 rings (SSSR count). The van der Waals surface area contributed by atoms with Crippen molar-refractivity contribution in [2.24, 2.45) is 0 Å². The third kappa shape index (κ3) is 1.82. The molecule has 1 saturated carbocycles. The van der Waals surface area contributed by atoms with Crippen molar-refractivity contribution in [2.75, 3.05) is 0 Å². The van der Waals surface area contributed by atoms with E-state index in [1.807, 2.05) is 12.1 Å². The van der Waals surface area contributed by atoms with E-state index in [4.69, 9.17) is 0 Å². The first-order chi connectivity index (χ1) is 6.77. The monoisotopic (exact) mass is 192 g/mol. The van der Waals surface area contributed by atoms with Crippen molar-refractivity contribution in [3.63, 3.8) is 0 Å². The molecule has 0 unspecified atom stereocenters. The van der Waals surface area contributed by atoms with Crippen molar-refractivity contribution in [3.8, 4) is 0 Å². The van der Waals surface area contributed by atoms with E-state index in [9.17, 15) is 4.39 Å². The molecule has 0 radical (unpaired) electrons. The van der Waals surface area contributed by atoms with Gasteiger partial charge in [-0.1, -0.05) is 31.9 Å². The molecule has 1 aromatic rings. The maximum Gasteiger partial charge on any atom is 0.123 e. The zero-order valence-corrected chi connectivity index (χ0v) is 8.72. The smallest absolute Gasteiger partial charge is 0.123 e. The fraction of sp³-hybridized carbons (Fsp3) is 0.538. The molecule has 0 amide bonds. The maximum absolute atomic E-state index is 12.7. The average molecular weight is 192 g/mol. The molecule has 0 heterocycles. The van der Waals surface area contributed by atoms with Crippen molar-refractivity contribution in [3.05, 3.63) is 35.6 Å². The third-order valence-electron chi connectivity index (χ3n) is 3.32. The van der Waals surface area contributed by atoms with Gasteiger partial charge in [-0.3, -0.25) is 0 Å². The standard InChI is InChI=1S/C13H17F/c1-2-3-8-13(9-10-13)11-4-6-12(14)7-5-11/h4-7H,2-3,8-10H2,1H3. The van der Waals surface area contributed by atoms with Crippen LogP contribution in [0.15, 0.2) is 24.3 Å². The largest absolute Gasteiger partial charge is 0.207 e. The minimum atomic E-state index is -0.125. The van der Waals surface area contributed by atoms with Crippen LogP contribution in [-0.4, -0.2) is 0 Å². The Morgan fingerprint density at radius 2 is 1.86 bits per heavy atom. The lowest BCUT2D eigenvalue weighted by Crippen LogP contribution is -2.05. The van der Waals surface area contributed by atoms with Gasteiger partial charge in [0.25, 0.3) is 0 Å². The summed E-state index contributed by atoms with van der Waals surface area (Å²) in [6.07, 6.45) is 6.40. The van der Waals surface area contributed by atoms with Gasteiger partial charge < -0.3 is 0 Å². The highest BCUT2D eigenvalue weighted by Gasteiger charge is 2.42. The second-order valence-corrected chi connectivity index (χ2v) is 4.39. The number of hydrogen-bond donors (Lipinski definition) is 0. The second kappa shape index (κ2) is 3.72. The van der Waals surface area contributed by atoms with Gasteiger partial charge in [-0.2, -0.15) is 0 Å². The normalized spacial score (nSPS) is 18.1. The predicted molar refractivity (Wildman–Crippen MR) is 56.8 cm³/mol. The molecule has 0 bridgehead atoms. The van der Waals surface area contributed by atoms with Crippen LogP contribution in [0.2, 0.25) is 0 Å². The molecule has 1 aliphatic carbocycles. The molecule has 0 aliphatic heterocycles. The molecule has 76 valence electrons. The molecule has 1 fully saturated rings. The lowest BCUT2D eigenvalue weighted by Gasteiger charge is -2.14. The van der Waals surface area contributed by atoms with E-state index < -0.39 is 0 Å². The molecule has 14 heavy (non-hydrogen) atoms. The lowest BCUT2D eigenvalue weighted by molar-refractivity contribution is 0.571. The van der Waals surface area contributed by atoms with Crippen LogP contribution in [0.5, 0.6) is 0 Å². The van der Waals surface area contributed by atoms with E-state index in [0.29, 0.717) is 5.41 Å². The second-order valence-electron chi connectivity index (χ2n) is 4.39. The molecule has 0 atom stereocenters. The Morgan fingerprint density at radius 3 is 2.36 bits per heavy atom. The van der Waals surface area contributed by atoms with Crippen LogP contribution in [-0.2, 0) is 5.41 Å². The minimum Gasteiger partial charge on any atom is -0.207 e. The van der Waals surface area contributed by atoms with E-state index in [-0.39, 0.29) is 5.82 Å². The van der Waals surface area contributed by atoms with Crippen LogP contribution in [0.3, 0.4) is 0 Å². The zero-order valence-electron chi connectivity index (χ0n) is 8.72. The maximum atomic E-state index is 12.7. The summed E-state index contributed by atoms with van der Waals surface area (Å²) in [5.74, 6) is -0.125. The van der Waals surface area contributed by atoms with Crippen LogP contribution in [0.1, 0.15) is 44.6 Å². The summed E-state index contributed by atoms with van der Waals surface area (Å²) in [7, 11) is 0. The summed E-state index contributed by atoms with van der Waals surface area (Å²) in [6.45, 7) is 2.22. The molecule has 0 saturated heterocycles. The summed E-state index contributed by atoms with van der Waals surface area (Å²) in [6, 6.07) is 7.08. The van der Waals surface area contributed by atoms with Gasteiger partial charge in [0.1, 0.15) is 5.82 Å². The van der Waals surface area contributed by atoms with Gasteiger partial charge in [-0.05, 0) is 42.4 Å². The first-order valence-corrected chi connectivity index (χ1v) is 5.53. The third-order valence-corrected chi connectivity index (χ3v) is 3.32. The number of benzene rings is 1. The van der Waals surface area contributed by atoms with Crippen molar-refractivity contribution >= 4 is 0 Å². The highest BCUT2D eigenvalue weighted by atomic mass is 19.1. The molecule has 0 N–H and O–H groups in total. The van der Waals surface area contributed by atoms with E-state index in [0.717, 1.165) is 0 Å². The van der Waals surface area contributed by atoms with Gasteiger partial charge in [-0.15, -0.1) is 0 Å². The van der Waals surface area contributed by atoms with E-state index in [1.54, 1.807) is 12.1 Å². The lowest BCUT2D eigenvalue weighted by atomic mass is 9.90. The number of halogens is 1. The van der Waals surface area contributed by atoms with Gasteiger partial charge in [-0.25, -0.2) is 4.39 Å². The summed E-state index contributed by atoms with van der Waals surface area (Å²) in [5.41, 5.74) is 1.76. The minimum absolute atomic E-state index is 0.125.